The van der Waals surface area contributed by atoms with Crippen molar-refractivity contribution in [3.8, 4) is 11.5 Å². The Morgan fingerprint density at radius 1 is 0.939 bits per heavy atom. The average molecular weight is 455 g/mol. The molecule has 0 heterocycles. The molecule has 6 heteroatoms. The second-order valence-corrected chi connectivity index (χ2v) is 10.0. The fourth-order valence-electron chi connectivity index (χ4n) is 4.38. The maximum atomic E-state index is 11.9. The summed E-state index contributed by atoms with van der Waals surface area (Å²) < 4.78 is 16.7. The minimum atomic E-state index is -0.594. The number of ether oxygens (including phenoxy) is 3. The Bertz CT molecular complexity index is 1040. The summed E-state index contributed by atoms with van der Waals surface area (Å²) in [6, 6.07) is 11.2. The SMILES string of the molecule is CC(=O)Oc1cc(OCC(OC(C)=O)c2ccc3c(c2)C(C)(C)CCC3(C)C)ccc1CO. The number of hydrogen-bond donors (Lipinski definition) is 1. The van der Waals surface area contributed by atoms with Crippen LogP contribution in [0.15, 0.2) is 36.4 Å². The van der Waals surface area contributed by atoms with Crippen LogP contribution in [-0.2, 0) is 31.8 Å². The topological polar surface area (TPSA) is 82.1 Å². The van der Waals surface area contributed by atoms with Gasteiger partial charge in [0, 0.05) is 25.5 Å². The molecule has 1 aliphatic carbocycles. The summed E-state index contributed by atoms with van der Waals surface area (Å²) in [4.78, 5) is 23.2. The lowest BCUT2D eigenvalue weighted by molar-refractivity contribution is -0.148. The summed E-state index contributed by atoms with van der Waals surface area (Å²) >= 11 is 0. The summed E-state index contributed by atoms with van der Waals surface area (Å²) in [5, 5.41) is 9.47. The Hall–Kier alpha value is -2.86. The highest BCUT2D eigenvalue weighted by atomic mass is 16.6. The first-order valence-corrected chi connectivity index (χ1v) is 11.3. The van der Waals surface area contributed by atoms with E-state index in [1.165, 1.54) is 25.0 Å². The largest absolute Gasteiger partial charge is 0.489 e. The van der Waals surface area contributed by atoms with Crippen molar-refractivity contribution >= 4 is 11.9 Å². The lowest BCUT2D eigenvalue weighted by atomic mass is 9.63. The van der Waals surface area contributed by atoms with Crippen molar-refractivity contribution in [2.75, 3.05) is 6.61 Å². The third-order valence-electron chi connectivity index (χ3n) is 6.42. The van der Waals surface area contributed by atoms with Crippen molar-refractivity contribution in [2.45, 2.75) is 77.9 Å². The van der Waals surface area contributed by atoms with Crippen LogP contribution in [0.4, 0.5) is 0 Å². The Balaban J connectivity index is 1.89. The Morgan fingerprint density at radius 3 is 2.21 bits per heavy atom. The third kappa shape index (κ3) is 5.74. The molecule has 2 aromatic carbocycles. The molecular formula is C27H34O6. The second kappa shape index (κ2) is 9.56. The van der Waals surface area contributed by atoms with Gasteiger partial charge in [0.15, 0.2) is 6.10 Å². The zero-order valence-electron chi connectivity index (χ0n) is 20.4. The van der Waals surface area contributed by atoms with E-state index in [-0.39, 0.29) is 29.8 Å². The molecule has 1 N–H and O–H groups in total. The van der Waals surface area contributed by atoms with Crippen LogP contribution in [0.3, 0.4) is 0 Å². The zero-order chi connectivity index (χ0) is 24.4. The van der Waals surface area contributed by atoms with Crippen LogP contribution < -0.4 is 9.47 Å². The van der Waals surface area contributed by atoms with Gasteiger partial charge in [0.05, 0.1) is 6.61 Å². The predicted octanol–water partition coefficient (Wildman–Crippen LogP) is 5.14. The number of hydrogen-bond acceptors (Lipinski definition) is 6. The highest BCUT2D eigenvalue weighted by molar-refractivity contribution is 5.70. The summed E-state index contributed by atoms with van der Waals surface area (Å²) in [7, 11) is 0. The van der Waals surface area contributed by atoms with E-state index < -0.39 is 18.0 Å². The highest BCUT2D eigenvalue weighted by Crippen LogP contribution is 2.46. The Morgan fingerprint density at radius 2 is 1.61 bits per heavy atom. The molecule has 0 aliphatic heterocycles. The fourth-order valence-corrected chi connectivity index (χ4v) is 4.38. The van der Waals surface area contributed by atoms with E-state index in [1.54, 1.807) is 18.2 Å². The summed E-state index contributed by atoms with van der Waals surface area (Å²) in [6.45, 7) is 11.6. The normalized spacial score (nSPS) is 16.9. The van der Waals surface area contributed by atoms with E-state index in [1.807, 2.05) is 6.07 Å². The molecule has 0 bridgehead atoms. The number of benzene rings is 2. The molecule has 33 heavy (non-hydrogen) atoms. The van der Waals surface area contributed by atoms with Gasteiger partial charge in [0.2, 0.25) is 0 Å². The van der Waals surface area contributed by atoms with Gasteiger partial charge in [0.1, 0.15) is 18.1 Å². The molecular weight excluding hydrogens is 420 g/mol. The summed E-state index contributed by atoms with van der Waals surface area (Å²) in [5.41, 5.74) is 4.09. The van der Waals surface area contributed by atoms with E-state index in [4.69, 9.17) is 14.2 Å². The molecule has 3 rings (SSSR count). The molecule has 6 nitrogen and oxygen atoms in total. The lowest BCUT2D eigenvalue weighted by Gasteiger charge is -2.42. The first kappa shape index (κ1) is 24.8. The van der Waals surface area contributed by atoms with Crippen LogP contribution in [0.1, 0.15) is 82.7 Å². The van der Waals surface area contributed by atoms with Crippen molar-refractivity contribution < 1.29 is 28.9 Å². The summed E-state index contributed by atoms with van der Waals surface area (Å²) in [6.07, 6.45) is 1.61. The van der Waals surface area contributed by atoms with Crippen molar-refractivity contribution in [2.24, 2.45) is 0 Å². The van der Waals surface area contributed by atoms with E-state index in [2.05, 4.69) is 39.8 Å². The Labute approximate surface area is 195 Å². The van der Waals surface area contributed by atoms with Gasteiger partial charge in [-0.15, -0.1) is 0 Å². The fraction of sp³-hybridized carbons (Fsp3) is 0.481. The number of aliphatic hydroxyl groups is 1. The number of esters is 2. The number of rotatable bonds is 7. The number of carbonyl (C=O) groups excluding carboxylic acids is 2. The Kier molecular flexibility index (Phi) is 7.17. The van der Waals surface area contributed by atoms with Gasteiger partial charge in [-0.2, -0.15) is 0 Å². The van der Waals surface area contributed by atoms with Crippen molar-refractivity contribution in [1.29, 1.82) is 0 Å². The van der Waals surface area contributed by atoms with Crippen LogP contribution in [0.5, 0.6) is 11.5 Å². The highest BCUT2D eigenvalue weighted by Gasteiger charge is 2.37. The molecule has 1 atom stereocenters. The van der Waals surface area contributed by atoms with E-state index in [9.17, 15) is 14.7 Å². The van der Waals surface area contributed by atoms with Gasteiger partial charge >= 0.3 is 11.9 Å². The molecule has 0 aromatic heterocycles. The number of fused-ring (bicyclic) bond motifs is 1. The van der Waals surface area contributed by atoms with E-state index in [0.29, 0.717) is 11.3 Å². The average Bonchev–Trinajstić information content (AvgIpc) is 2.74. The molecule has 0 saturated heterocycles. The van der Waals surface area contributed by atoms with Crippen LogP contribution in [0, 0.1) is 0 Å². The zero-order valence-corrected chi connectivity index (χ0v) is 20.4. The first-order chi connectivity index (χ1) is 15.4. The van der Waals surface area contributed by atoms with Gasteiger partial charge < -0.3 is 19.3 Å². The van der Waals surface area contributed by atoms with Crippen LogP contribution in [0.2, 0.25) is 0 Å². The molecule has 1 unspecified atom stereocenters. The first-order valence-electron chi connectivity index (χ1n) is 11.3. The van der Waals surface area contributed by atoms with Gasteiger partial charge in [0.25, 0.3) is 0 Å². The molecule has 0 fully saturated rings. The molecule has 0 spiro atoms. The van der Waals surface area contributed by atoms with Crippen molar-refractivity contribution in [1.82, 2.24) is 0 Å². The third-order valence-corrected chi connectivity index (χ3v) is 6.42. The minimum absolute atomic E-state index is 0.0293. The van der Waals surface area contributed by atoms with Crippen LogP contribution in [-0.4, -0.2) is 23.7 Å². The summed E-state index contributed by atoms with van der Waals surface area (Å²) in [5.74, 6) is -0.194. The molecule has 0 saturated carbocycles. The van der Waals surface area contributed by atoms with E-state index >= 15 is 0 Å². The van der Waals surface area contributed by atoms with Crippen LogP contribution in [0.25, 0.3) is 0 Å². The standard InChI is InChI=1S/C27H34O6/c1-17(29)32-24-14-21(9-7-20(24)15-28)31-16-25(33-18(2)30)19-8-10-22-23(13-19)27(5,6)12-11-26(22,3)4/h7-10,13-14,25,28H,11-12,15-16H2,1-6H3. The molecule has 0 amide bonds. The van der Waals surface area contributed by atoms with Gasteiger partial charge in [-0.1, -0.05) is 45.9 Å². The number of carbonyl (C=O) groups is 2. The van der Waals surface area contributed by atoms with Gasteiger partial charge in [-0.25, -0.2) is 0 Å². The quantitative estimate of drug-likeness (QED) is 0.461. The van der Waals surface area contributed by atoms with Crippen molar-refractivity contribution in [3.05, 3.63) is 58.7 Å². The molecule has 1 aliphatic rings. The maximum Gasteiger partial charge on any atom is 0.308 e. The minimum Gasteiger partial charge on any atom is -0.489 e. The van der Waals surface area contributed by atoms with Gasteiger partial charge in [-0.05, 0) is 52.5 Å². The second-order valence-electron chi connectivity index (χ2n) is 10.0. The predicted molar refractivity (Wildman–Crippen MR) is 125 cm³/mol. The molecule has 178 valence electrons. The van der Waals surface area contributed by atoms with Crippen LogP contribution >= 0.6 is 0 Å². The number of aliphatic hydroxyl groups excluding tert-OH is 1. The van der Waals surface area contributed by atoms with Gasteiger partial charge in [-0.3, -0.25) is 9.59 Å². The monoisotopic (exact) mass is 454 g/mol. The molecule has 0 radical (unpaired) electrons. The lowest BCUT2D eigenvalue weighted by Crippen LogP contribution is -2.34. The molecule has 2 aromatic rings. The van der Waals surface area contributed by atoms with Crippen molar-refractivity contribution in [3.63, 3.8) is 0 Å². The van der Waals surface area contributed by atoms with E-state index in [0.717, 1.165) is 18.4 Å². The smallest absolute Gasteiger partial charge is 0.308 e. The maximum absolute atomic E-state index is 11.9.